The predicted molar refractivity (Wildman–Crippen MR) is 470 cm³/mol. The number of allylic oxidation sites excluding steroid dienone is 1. The van der Waals surface area contributed by atoms with Crippen molar-refractivity contribution in [2.24, 2.45) is 29.6 Å². The molecule has 0 aliphatic heterocycles. The summed E-state index contributed by atoms with van der Waals surface area (Å²) in [6, 6.07) is -16.8. The summed E-state index contributed by atoms with van der Waals surface area (Å²) in [5.74, 6) is -17.2. The fourth-order valence-electron chi connectivity index (χ4n) is 11.6. The number of carbonyl (C=O) groups excluding carboxylic acids is 23. The van der Waals surface area contributed by atoms with Gasteiger partial charge in [-0.1, -0.05) is 101 Å². The molecule has 47 nitrogen and oxygen atoms in total. The van der Waals surface area contributed by atoms with Gasteiger partial charge < -0.3 is 118 Å². The molecule has 129 heavy (non-hydrogen) atoms. The van der Waals surface area contributed by atoms with Crippen LogP contribution in [0, 0.1) is 29.6 Å². The van der Waals surface area contributed by atoms with E-state index in [1.54, 1.807) is 69.2 Å². The number of hydrogen-bond donors (Lipinski definition) is 23. The van der Waals surface area contributed by atoms with E-state index < -0.39 is 260 Å². The van der Waals surface area contributed by atoms with E-state index in [1.165, 1.54) is 60.7 Å². The number of aldehydes is 8. The van der Waals surface area contributed by atoms with Crippen molar-refractivity contribution in [2.75, 3.05) is 33.2 Å². The lowest BCUT2D eigenvalue weighted by Gasteiger charge is -2.35. The van der Waals surface area contributed by atoms with Gasteiger partial charge in [0.1, 0.15) is 98.7 Å². The summed E-state index contributed by atoms with van der Waals surface area (Å²) in [6.07, 6.45) is -7.13. The van der Waals surface area contributed by atoms with Gasteiger partial charge in [-0.05, 0) is 97.8 Å². The van der Waals surface area contributed by atoms with Crippen LogP contribution in [0.4, 0.5) is 0 Å². The number of nitrogens with one attached hydrogen (secondary N) is 23. The van der Waals surface area contributed by atoms with E-state index in [-0.39, 0.29) is 31.1 Å². The highest BCUT2D eigenvalue weighted by atomic mass is 16.2. The Morgan fingerprint density at radius 1 is 0.333 bits per heavy atom. The van der Waals surface area contributed by atoms with Crippen molar-refractivity contribution in [3.05, 3.63) is 25.3 Å². The molecule has 0 saturated heterocycles. The first-order valence-corrected chi connectivity index (χ1v) is 42.8. The van der Waals surface area contributed by atoms with Crippen molar-refractivity contribution in [1.82, 2.24) is 127 Å². The van der Waals surface area contributed by atoms with Crippen molar-refractivity contribution < 1.29 is 110 Å². The molecule has 0 aromatic rings. The quantitative estimate of drug-likeness (QED) is 0.0153. The monoisotopic (exact) mass is 1830 g/mol. The van der Waals surface area contributed by atoms with Crippen LogP contribution in [0.3, 0.4) is 0 Å². The van der Waals surface area contributed by atoms with E-state index in [0.717, 1.165) is 18.7 Å². The molecule has 0 heterocycles. The average molecular weight is 1830 g/mol. The Labute approximate surface area is 752 Å². The van der Waals surface area contributed by atoms with Crippen LogP contribution >= 0.6 is 0 Å². The minimum Gasteiger partial charge on any atom is -0.357 e. The maximum atomic E-state index is 15.0. The SMILES string of the molecule is C=CCCC(=O)N[C@@H](C)C(=O)N[C@@H](N[C@@H](C=O)C(C)C)C(=O)N(CC=C)[C@@H](NCC=O)C(=O)N[C@@H](C)C(=O)N[C@@H](C)C(=O)N[C@@H](N[C@@H](C=O)CC(C)C)C(=O)N[C@@H](N[C@@H](C)C=O)C(=O)N[C@@H](N[C@@H](C=O)[C@H](C)CC)C(=O)N[C@H](CN[C@@H](NCC=O)C(=O)N[C@@H](C)C(=O)N[C@@H](C)C(=O)N[C@@H](N[C@@H](C=O)[C@H](C)CC)C(=O)N[C@@H](C)C(=O)N[C@@H](C)C(=O)NC)N[C@@H](C=O)[C@H](C)CC. The Balaban J connectivity index is 7.57. The second-order valence-corrected chi connectivity index (χ2v) is 31.9. The summed E-state index contributed by atoms with van der Waals surface area (Å²) < 4.78 is 0. The zero-order valence-electron chi connectivity index (χ0n) is 77.1. The van der Waals surface area contributed by atoms with Crippen LogP contribution in [0.15, 0.2) is 25.3 Å². The van der Waals surface area contributed by atoms with Crippen molar-refractivity contribution in [3.8, 4) is 0 Å². The second kappa shape index (κ2) is 62.7. The topological polar surface area (TPSA) is 673 Å². The zero-order valence-corrected chi connectivity index (χ0v) is 77.1. The van der Waals surface area contributed by atoms with E-state index in [9.17, 15) is 105 Å². The van der Waals surface area contributed by atoms with Crippen molar-refractivity contribution in [1.29, 1.82) is 0 Å². The molecular weight excluding hydrogens is 1690 g/mol. The molecule has 0 aromatic heterocycles. The van der Waals surface area contributed by atoms with Gasteiger partial charge in [0, 0.05) is 26.6 Å². The van der Waals surface area contributed by atoms with Crippen LogP contribution in [0.25, 0.3) is 0 Å². The molecule has 0 spiro atoms. The van der Waals surface area contributed by atoms with Crippen LogP contribution in [0.2, 0.25) is 0 Å². The number of nitrogens with zero attached hydrogens (tertiary/aromatic N) is 1. The molecule has 24 atom stereocenters. The number of hydrogen-bond acceptors (Lipinski definition) is 32. The minimum absolute atomic E-state index is 0.0210. The van der Waals surface area contributed by atoms with Crippen LogP contribution in [0.1, 0.15) is 163 Å². The van der Waals surface area contributed by atoms with E-state index in [2.05, 4.69) is 135 Å². The molecule has 0 unspecified atom stereocenters. The number of likely N-dealkylation sites (N-methyl/N-ethyl adjacent to an activating group) is 1. The second-order valence-electron chi connectivity index (χ2n) is 31.9. The fourth-order valence-corrected chi connectivity index (χ4v) is 11.6. The van der Waals surface area contributed by atoms with E-state index in [0.29, 0.717) is 69.6 Å². The Morgan fingerprint density at radius 3 is 1.07 bits per heavy atom. The van der Waals surface area contributed by atoms with Gasteiger partial charge in [0.05, 0.1) is 55.5 Å². The fraction of sp³-hybridized carbons (Fsp3) is 0.671. The van der Waals surface area contributed by atoms with Gasteiger partial charge in [0.2, 0.25) is 47.3 Å². The summed E-state index contributed by atoms with van der Waals surface area (Å²) in [5.41, 5.74) is 0. The molecular formula is C82H140N24O23. The van der Waals surface area contributed by atoms with E-state index >= 15 is 4.79 Å². The first-order valence-electron chi connectivity index (χ1n) is 42.8. The molecule has 0 saturated carbocycles. The van der Waals surface area contributed by atoms with Gasteiger partial charge in [-0.25, -0.2) is 0 Å². The molecule has 0 radical (unpaired) electrons. The highest BCUT2D eigenvalue weighted by Crippen LogP contribution is 2.13. The smallest absolute Gasteiger partial charge is 0.262 e. The molecule has 15 amide bonds. The summed E-state index contributed by atoms with van der Waals surface area (Å²) in [5, 5.41) is 58.5. The molecule has 47 heteroatoms. The van der Waals surface area contributed by atoms with Crippen molar-refractivity contribution in [2.45, 2.75) is 291 Å². The zero-order chi connectivity index (χ0) is 98.7. The molecule has 23 N–H and O–H groups in total. The van der Waals surface area contributed by atoms with Gasteiger partial charge in [0.25, 0.3) is 41.4 Å². The van der Waals surface area contributed by atoms with Crippen molar-refractivity contribution in [3.63, 3.8) is 0 Å². The standard InChI is InChI=1S/C82H140N24O23/c1-22-27-28-61(115)88-49(15)73(120)105-67(97-56(38-111)43(8)9)82(129)106(31-23-2)68(85-30-33-108)81(128)94-52(18)72(119)91-53(19)74(121)101-64(95-55(37-110)34-42(6)7)80(127)103-63(87-47(13)36-109)79(126)104-66(99-59(41-114)46(12)26-5)78(125)100-60(96-57(39-112)44(10)24-3)35-86-62(84-29-32-107)76(123)92-50(16)71(118)90-54(20)75(122)102-65(98-58(40-113)45(11)25-4)77(124)93-51(17)70(117)89-48(14)69(116)83-21/h22-23,32-33,36-60,62-68,84-87,95-99H,1-2,24-31,34-35H2,3-21H3,(H,83,116)(H,88,115)(H,89,117)(H,90,118)(H,91,119)(H,92,123)(H,93,124)(H,94,128)(H,100,125)(H,101,121)(H,102,122)(H,103,127)(H,104,126)(H,105,120)/t44-,45-,46-,47+,48+,49+,50+,51+,52+,53+,54+,55-,56+,57+,58+,59+,60-,62-,63-,64-,65-,66-,67-,68-/m1/s1. The lowest BCUT2D eigenvalue weighted by molar-refractivity contribution is -0.146. The maximum absolute atomic E-state index is 15.0. The third kappa shape index (κ3) is 43.0. The molecule has 0 aliphatic rings. The molecule has 0 aliphatic carbocycles. The summed E-state index contributed by atoms with van der Waals surface area (Å²) >= 11 is 0. The van der Waals surface area contributed by atoms with Crippen LogP contribution in [0.5, 0.6) is 0 Å². The Hall–Kier alpha value is -11.5. The first-order chi connectivity index (χ1) is 60.7. The largest absolute Gasteiger partial charge is 0.357 e. The number of carbonyl (C=O) groups is 23. The Bertz CT molecular complexity index is 3770. The Morgan fingerprint density at radius 2 is 0.682 bits per heavy atom. The van der Waals surface area contributed by atoms with Crippen LogP contribution in [-0.2, 0) is 110 Å². The first kappa shape index (κ1) is 118. The van der Waals surface area contributed by atoms with E-state index in [4.69, 9.17) is 0 Å². The third-order valence-corrected chi connectivity index (χ3v) is 20.4. The predicted octanol–water partition coefficient (Wildman–Crippen LogP) is -8.48. The van der Waals surface area contributed by atoms with Crippen molar-refractivity contribution >= 4 is 139 Å². The molecule has 0 bridgehead atoms. The lowest BCUT2D eigenvalue weighted by Crippen LogP contribution is -2.69. The Kier molecular flexibility index (Phi) is 57.1. The van der Waals surface area contributed by atoms with Crippen LogP contribution in [-0.4, -0.2) is 305 Å². The van der Waals surface area contributed by atoms with Gasteiger partial charge in [-0.15, -0.1) is 13.2 Å². The highest BCUT2D eigenvalue weighted by molar-refractivity contribution is 6.00. The number of amides is 15. The van der Waals surface area contributed by atoms with Crippen LogP contribution < -0.4 is 122 Å². The summed E-state index contributed by atoms with van der Waals surface area (Å²) in [4.78, 5) is 308. The van der Waals surface area contributed by atoms with E-state index in [1.807, 2.05) is 0 Å². The summed E-state index contributed by atoms with van der Waals surface area (Å²) in [7, 11) is 1.35. The highest BCUT2D eigenvalue weighted by Gasteiger charge is 2.41. The molecule has 0 rings (SSSR count). The maximum Gasteiger partial charge on any atom is 0.262 e. The summed E-state index contributed by atoms with van der Waals surface area (Å²) in [6.45, 7) is 32.0. The molecule has 726 valence electrons. The van der Waals surface area contributed by atoms with Gasteiger partial charge in [-0.2, -0.15) is 0 Å². The molecule has 0 aromatic carbocycles. The number of rotatable bonds is 69. The van der Waals surface area contributed by atoms with Gasteiger partial charge >= 0.3 is 0 Å². The van der Waals surface area contributed by atoms with Gasteiger partial charge in [-0.3, -0.25) is 120 Å². The van der Waals surface area contributed by atoms with Gasteiger partial charge in [0.15, 0.2) is 37.0 Å². The third-order valence-electron chi connectivity index (χ3n) is 20.4. The minimum atomic E-state index is -2.09. The average Bonchev–Trinajstić information content (AvgIpc) is 0.811. The molecule has 0 fully saturated rings. The normalized spacial score (nSPS) is 16.8. The lowest BCUT2D eigenvalue weighted by atomic mass is 10.00.